The van der Waals surface area contributed by atoms with Gasteiger partial charge < -0.3 is 9.16 Å². The highest BCUT2D eigenvalue weighted by Crippen LogP contribution is 2.38. The average Bonchev–Trinajstić information content (AvgIpc) is 2.86. The van der Waals surface area contributed by atoms with Gasteiger partial charge in [0.2, 0.25) is 0 Å². The number of hydrogen-bond donors (Lipinski definition) is 0. The number of carbonyl (C=O) groups is 2. The van der Waals surface area contributed by atoms with E-state index >= 15 is 0 Å². The largest absolute Gasteiger partial charge is 0.466 e. The van der Waals surface area contributed by atoms with Crippen molar-refractivity contribution in [2.75, 3.05) is 6.61 Å². The van der Waals surface area contributed by atoms with E-state index in [1.807, 2.05) is 30.3 Å². The van der Waals surface area contributed by atoms with Crippen LogP contribution in [-0.2, 0) is 25.2 Å². The smallest absolute Gasteiger partial charge is 0.313 e. The fourth-order valence-electron chi connectivity index (χ4n) is 4.82. The molecule has 0 aliphatic carbocycles. The standard InChI is InChI=1S/C31H38O4Si/c1-5-34-30(33)24-26(32)23-27(22-21-25-15-9-6-10-16-25)35-36(31(2,3)4,28-17-11-7-12-18-28)29-19-13-8-14-20-29/h6-20,27H,5,21-24H2,1-4H3/t27-/m1/s1. The second-order valence-corrected chi connectivity index (χ2v) is 14.4. The second-order valence-electron chi connectivity index (χ2n) is 10.2. The summed E-state index contributed by atoms with van der Waals surface area (Å²) in [5.41, 5.74) is 1.20. The number of Topliss-reactive ketones (excluding diaryl/α,β-unsaturated/α-hetero) is 1. The predicted molar refractivity (Wildman–Crippen MR) is 148 cm³/mol. The number of ketones is 1. The highest BCUT2D eigenvalue weighted by Gasteiger charge is 2.51. The molecule has 0 saturated heterocycles. The molecule has 0 unspecified atom stereocenters. The Balaban J connectivity index is 2.01. The molecular formula is C31H38O4Si. The fraction of sp³-hybridized carbons (Fsp3) is 0.355. The van der Waals surface area contributed by atoms with Crippen molar-refractivity contribution in [2.24, 2.45) is 0 Å². The molecule has 3 rings (SSSR count). The lowest BCUT2D eigenvalue weighted by Crippen LogP contribution is -2.67. The Morgan fingerprint density at radius 3 is 1.78 bits per heavy atom. The molecule has 3 aromatic carbocycles. The van der Waals surface area contributed by atoms with E-state index in [0.717, 1.165) is 6.42 Å². The molecular weight excluding hydrogens is 464 g/mol. The van der Waals surface area contributed by atoms with Crippen LogP contribution in [0.15, 0.2) is 91.0 Å². The number of ether oxygens (including phenoxy) is 1. The zero-order chi connectivity index (χ0) is 26.0. The van der Waals surface area contributed by atoms with Crippen molar-refractivity contribution in [2.45, 2.75) is 64.5 Å². The summed E-state index contributed by atoms with van der Waals surface area (Å²) in [6, 6.07) is 31.1. The van der Waals surface area contributed by atoms with Gasteiger partial charge in [0.15, 0.2) is 0 Å². The zero-order valence-electron chi connectivity index (χ0n) is 21.9. The minimum absolute atomic E-state index is 0.149. The van der Waals surface area contributed by atoms with Gasteiger partial charge in [-0.1, -0.05) is 112 Å². The number of carbonyl (C=O) groups excluding carboxylic acids is 2. The van der Waals surface area contributed by atoms with Crippen LogP contribution in [0.4, 0.5) is 0 Å². The summed E-state index contributed by atoms with van der Waals surface area (Å²) in [5.74, 6) is -0.626. The summed E-state index contributed by atoms with van der Waals surface area (Å²) in [5, 5.41) is 2.14. The Hall–Kier alpha value is -3.02. The maximum atomic E-state index is 13.0. The Bertz CT molecular complexity index is 1050. The van der Waals surface area contributed by atoms with Crippen molar-refractivity contribution in [1.82, 2.24) is 0 Å². The number of aryl methyl sites for hydroxylation is 1. The van der Waals surface area contributed by atoms with E-state index in [4.69, 9.17) is 9.16 Å². The predicted octanol–water partition coefficient (Wildman–Crippen LogP) is 5.48. The van der Waals surface area contributed by atoms with Crippen LogP contribution in [0.3, 0.4) is 0 Å². The number of hydrogen-bond acceptors (Lipinski definition) is 4. The summed E-state index contributed by atoms with van der Waals surface area (Å²) in [6.45, 7) is 8.70. The van der Waals surface area contributed by atoms with E-state index in [1.54, 1.807) is 6.92 Å². The van der Waals surface area contributed by atoms with Gasteiger partial charge in [0.25, 0.3) is 8.32 Å². The minimum atomic E-state index is -2.84. The van der Waals surface area contributed by atoms with Gasteiger partial charge in [-0.05, 0) is 40.7 Å². The van der Waals surface area contributed by atoms with E-state index < -0.39 is 14.3 Å². The van der Waals surface area contributed by atoms with Crippen molar-refractivity contribution < 1.29 is 18.8 Å². The molecule has 36 heavy (non-hydrogen) atoms. The van der Waals surface area contributed by atoms with E-state index in [1.165, 1.54) is 15.9 Å². The lowest BCUT2D eigenvalue weighted by Gasteiger charge is -2.45. The molecule has 0 fully saturated rings. The van der Waals surface area contributed by atoms with Gasteiger partial charge in [0.05, 0.1) is 12.7 Å². The van der Waals surface area contributed by atoms with Gasteiger partial charge in [-0.25, -0.2) is 0 Å². The molecule has 0 aromatic heterocycles. The highest BCUT2D eigenvalue weighted by atomic mass is 28.4. The van der Waals surface area contributed by atoms with Crippen molar-refractivity contribution >= 4 is 30.4 Å². The Morgan fingerprint density at radius 2 is 1.31 bits per heavy atom. The van der Waals surface area contributed by atoms with Crippen molar-refractivity contribution in [3.05, 3.63) is 96.6 Å². The van der Waals surface area contributed by atoms with Gasteiger partial charge in [-0.2, -0.15) is 0 Å². The number of benzene rings is 3. The number of esters is 1. The second kappa shape index (κ2) is 12.8. The zero-order valence-corrected chi connectivity index (χ0v) is 22.9. The van der Waals surface area contributed by atoms with Crippen LogP contribution in [0.25, 0.3) is 0 Å². The lowest BCUT2D eigenvalue weighted by molar-refractivity contribution is -0.145. The first-order valence-electron chi connectivity index (χ1n) is 12.8. The average molecular weight is 503 g/mol. The molecule has 0 spiro atoms. The van der Waals surface area contributed by atoms with E-state index in [2.05, 4.69) is 81.4 Å². The molecule has 0 saturated carbocycles. The molecule has 0 heterocycles. The van der Waals surface area contributed by atoms with Gasteiger partial charge in [0, 0.05) is 6.42 Å². The molecule has 0 amide bonds. The van der Waals surface area contributed by atoms with Crippen LogP contribution in [0.1, 0.15) is 52.5 Å². The minimum Gasteiger partial charge on any atom is -0.466 e. The lowest BCUT2D eigenvalue weighted by atomic mass is 10.0. The molecule has 4 nitrogen and oxygen atoms in total. The van der Waals surface area contributed by atoms with Gasteiger partial charge >= 0.3 is 5.97 Å². The van der Waals surface area contributed by atoms with E-state index in [0.29, 0.717) is 6.42 Å². The first kappa shape index (κ1) is 27.6. The third-order valence-corrected chi connectivity index (χ3v) is 11.6. The Kier molecular flexibility index (Phi) is 9.79. The monoisotopic (exact) mass is 502 g/mol. The van der Waals surface area contributed by atoms with Crippen molar-refractivity contribution in [3.63, 3.8) is 0 Å². The van der Waals surface area contributed by atoms with E-state index in [9.17, 15) is 9.59 Å². The van der Waals surface area contributed by atoms with E-state index in [-0.39, 0.29) is 36.4 Å². The quantitative estimate of drug-likeness (QED) is 0.187. The highest BCUT2D eigenvalue weighted by molar-refractivity contribution is 6.99. The van der Waals surface area contributed by atoms with Crippen molar-refractivity contribution in [1.29, 1.82) is 0 Å². The van der Waals surface area contributed by atoms with Crippen LogP contribution in [0.2, 0.25) is 5.04 Å². The van der Waals surface area contributed by atoms with Crippen LogP contribution < -0.4 is 10.4 Å². The van der Waals surface area contributed by atoms with Crippen molar-refractivity contribution in [3.8, 4) is 0 Å². The Labute approximate surface area is 216 Å². The first-order valence-corrected chi connectivity index (χ1v) is 14.7. The van der Waals surface area contributed by atoms with Crippen LogP contribution >= 0.6 is 0 Å². The molecule has 0 aliphatic rings. The summed E-state index contributed by atoms with van der Waals surface area (Å²) in [7, 11) is -2.84. The molecule has 3 aromatic rings. The first-order chi connectivity index (χ1) is 17.3. The van der Waals surface area contributed by atoms with Gasteiger partial charge in [-0.15, -0.1) is 0 Å². The molecule has 0 bridgehead atoms. The fourth-order valence-corrected chi connectivity index (χ4v) is 9.53. The molecule has 190 valence electrons. The van der Waals surface area contributed by atoms with Crippen LogP contribution in [-0.4, -0.2) is 32.8 Å². The molecule has 1 atom stereocenters. The summed E-state index contributed by atoms with van der Waals surface area (Å²) in [4.78, 5) is 25.0. The topological polar surface area (TPSA) is 52.6 Å². The maximum Gasteiger partial charge on any atom is 0.313 e. The third kappa shape index (κ3) is 7.02. The molecule has 0 N–H and O–H groups in total. The summed E-state index contributed by atoms with van der Waals surface area (Å²) in [6.07, 6.45) is 1.09. The third-order valence-electron chi connectivity index (χ3n) is 6.46. The normalized spacial score (nSPS) is 12.7. The van der Waals surface area contributed by atoms with Gasteiger partial charge in [-0.3, -0.25) is 9.59 Å². The SMILES string of the molecule is CCOC(=O)CC(=O)C[C@@H](CCc1ccccc1)O[Si](c1ccccc1)(c1ccccc1)C(C)(C)C. The van der Waals surface area contributed by atoms with Crippen LogP contribution in [0, 0.1) is 0 Å². The Morgan fingerprint density at radius 1 is 0.806 bits per heavy atom. The summed E-state index contributed by atoms with van der Waals surface area (Å²) >= 11 is 0. The molecule has 0 aliphatic heterocycles. The van der Waals surface area contributed by atoms with Crippen LogP contribution in [0.5, 0.6) is 0 Å². The molecule has 5 heteroatoms. The maximum absolute atomic E-state index is 13.0. The molecule has 0 radical (unpaired) electrons. The summed E-state index contributed by atoms with van der Waals surface area (Å²) < 4.78 is 12.3. The number of rotatable bonds is 12. The van der Waals surface area contributed by atoms with Gasteiger partial charge in [0.1, 0.15) is 12.2 Å².